The van der Waals surface area contributed by atoms with Gasteiger partial charge in [0.2, 0.25) is 0 Å². The summed E-state index contributed by atoms with van der Waals surface area (Å²) in [6.45, 7) is 1.65. The Balaban J connectivity index is 1.25. The highest BCUT2D eigenvalue weighted by Gasteiger charge is 2.14. The van der Waals surface area contributed by atoms with Crippen molar-refractivity contribution >= 4 is 18.1 Å². The molecule has 0 saturated heterocycles. The summed E-state index contributed by atoms with van der Waals surface area (Å²) >= 11 is 0. The summed E-state index contributed by atoms with van der Waals surface area (Å²) in [5, 5.41) is 3.99. The van der Waals surface area contributed by atoms with Gasteiger partial charge in [0.1, 0.15) is 17.2 Å². The highest BCUT2D eigenvalue weighted by atomic mass is 16.5. The standard InChI is InChI=1S/C30H26N2O5/c1-21(36-27-18-10-24(11-19-27)23-6-4-3-5-7-23)29(33)32-31-20-22-8-14-28(15-9-22)37-30(34)25-12-16-26(35-2)17-13-25/h3-21H,1-2H3,(H,32,33)/b31-20-/t21-/m1/s1. The average Bonchev–Trinajstić information content (AvgIpc) is 2.94. The van der Waals surface area contributed by atoms with Gasteiger partial charge < -0.3 is 14.2 Å². The third kappa shape index (κ3) is 7.05. The smallest absolute Gasteiger partial charge is 0.343 e. The molecule has 4 aromatic carbocycles. The van der Waals surface area contributed by atoms with Gasteiger partial charge in [-0.3, -0.25) is 4.79 Å². The summed E-state index contributed by atoms with van der Waals surface area (Å²) in [5.74, 6) is 0.785. The van der Waals surface area contributed by atoms with E-state index >= 15 is 0 Å². The molecule has 0 unspecified atom stereocenters. The SMILES string of the molecule is COc1ccc(C(=O)Oc2ccc(/C=N\NC(=O)[C@@H](C)Oc3ccc(-c4ccccc4)cc3)cc2)cc1. The largest absolute Gasteiger partial charge is 0.497 e. The Labute approximate surface area is 215 Å². The molecule has 0 aliphatic carbocycles. The van der Waals surface area contributed by atoms with Crippen LogP contribution in [0.15, 0.2) is 108 Å². The molecule has 4 aromatic rings. The minimum absolute atomic E-state index is 0.381. The Morgan fingerprint density at radius 3 is 2.00 bits per heavy atom. The number of hydrogen-bond donors (Lipinski definition) is 1. The van der Waals surface area contributed by atoms with Crippen LogP contribution in [0.1, 0.15) is 22.8 Å². The molecule has 4 rings (SSSR count). The van der Waals surface area contributed by atoms with Crippen molar-refractivity contribution in [3.05, 3.63) is 114 Å². The van der Waals surface area contributed by atoms with Crippen LogP contribution in [0.25, 0.3) is 11.1 Å². The van der Waals surface area contributed by atoms with Gasteiger partial charge in [0.05, 0.1) is 18.9 Å². The van der Waals surface area contributed by atoms with Gasteiger partial charge in [0.15, 0.2) is 6.10 Å². The zero-order valence-corrected chi connectivity index (χ0v) is 20.5. The highest BCUT2D eigenvalue weighted by molar-refractivity contribution is 5.91. The van der Waals surface area contributed by atoms with Crippen molar-refractivity contribution in [1.29, 1.82) is 0 Å². The number of carbonyl (C=O) groups excluding carboxylic acids is 2. The lowest BCUT2D eigenvalue weighted by atomic mass is 10.1. The molecule has 1 N–H and O–H groups in total. The van der Waals surface area contributed by atoms with E-state index in [1.807, 2.05) is 54.6 Å². The topological polar surface area (TPSA) is 86.2 Å². The number of hydrogen-bond acceptors (Lipinski definition) is 6. The maximum atomic E-state index is 12.4. The molecule has 7 heteroatoms. The number of benzene rings is 4. The number of nitrogens with zero attached hydrogens (tertiary/aromatic N) is 1. The van der Waals surface area contributed by atoms with Crippen LogP contribution in [-0.4, -0.2) is 31.3 Å². The van der Waals surface area contributed by atoms with E-state index < -0.39 is 12.1 Å². The van der Waals surface area contributed by atoms with Gasteiger partial charge in [-0.2, -0.15) is 5.10 Å². The van der Waals surface area contributed by atoms with Crippen molar-refractivity contribution in [3.63, 3.8) is 0 Å². The number of esters is 1. The fourth-order valence-electron chi connectivity index (χ4n) is 3.39. The summed E-state index contributed by atoms with van der Waals surface area (Å²) in [6, 6.07) is 31.0. The van der Waals surface area contributed by atoms with Gasteiger partial charge >= 0.3 is 5.97 Å². The van der Waals surface area contributed by atoms with Crippen molar-refractivity contribution in [2.75, 3.05) is 7.11 Å². The van der Waals surface area contributed by atoms with Crippen LogP contribution < -0.4 is 19.6 Å². The maximum absolute atomic E-state index is 12.4. The zero-order chi connectivity index (χ0) is 26.0. The first-order chi connectivity index (χ1) is 18.0. The fourth-order valence-corrected chi connectivity index (χ4v) is 3.39. The average molecular weight is 495 g/mol. The third-order valence-corrected chi connectivity index (χ3v) is 5.45. The molecule has 0 saturated carbocycles. The monoisotopic (exact) mass is 494 g/mol. The van der Waals surface area contributed by atoms with E-state index in [1.165, 1.54) is 6.21 Å². The molecule has 0 aromatic heterocycles. The van der Waals surface area contributed by atoms with E-state index in [2.05, 4.69) is 10.5 Å². The predicted octanol–water partition coefficient (Wildman–Crippen LogP) is 5.50. The second-order valence-corrected chi connectivity index (χ2v) is 8.07. The van der Waals surface area contributed by atoms with Crippen molar-refractivity contribution < 1.29 is 23.8 Å². The van der Waals surface area contributed by atoms with Gasteiger partial charge in [-0.25, -0.2) is 10.2 Å². The number of amides is 1. The molecule has 1 atom stereocenters. The van der Waals surface area contributed by atoms with E-state index in [4.69, 9.17) is 14.2 Å². The molecule has 0 heterocycles. The van der Waals surface area contributed by atoms with Crippen molar-refractivity contribution in [2.45, 2.75) is 13.0 Å². The van der Waals surface area contributed by atoms with Crippen molar-refractivity contribution in [3.8, 4) is 28.4 Å². The Kier molecular flexibility index (Phi) is 8.29. The number of methoxy groups -OCH3 is 1. The second kappa shape index (κ2) is 12.2. The number of ether oxygens (including phenoxy) is 3. The van der Waals surface area contributed by atoms with Crippen LogP contribution in [0, 0.1) is 0 Å². The Morgan fingerprint density at radius 1 is 0.757 bits per heavy atom. The summed E-state index contributed by atoms with van der Waals surface area (Å²) in [4.78, 5) is 24.6. The minimum atomic E-state index is -0.737. The van der Waals surface area contributed by atoms with Gasteiger partial charge in [-0.15, -0.1) is 0 Å². The predicted molar refractivity (Wildman–Crippen MR) is 142 cm³/mol. The van der Waals surface area contributed by atoms with Gasteiger partial charge in [0, 0.05) is 0 Å². The lowest BCUT2D eigenvalue weighted by Crippen LogP contribution is -2.33. The quantitative estimate of drug-likeness (QED) is 0.144. The second-order valence-electron chi connectivity index (χ2n) is 8.07. The molecule has 0 aliphatic heterocycles. The van der Waals surface area contributed by atoms with Gasteiger partial charge in [-0.1, -0.05) is 42.5 Å². The van der Waals surface area contributed by atoms with Crippen LogP contribution in [0.3, 0.4) is 0 Å². The summed E-state index contributed by atoms with van der Waals surface area (Å²) in [7, 11) is 1.56. The van der Waals surface area contributed by atoms with E-state index in [1.54, 1.807) is 62.6 Å². The summed E-state index contributed by atoms with van der Waals surface area (Å²) in [5.41, 5.74) is 5.78. The minimum Gasteiger partial charge on any atom is -0.497 e. The Morgan fingerprint density at radius 2 is 1.35 bits per heavy atom. The lowest BCUT2D eigenvalue weighted by molar-refractivity contribution is -0.127. The molecule has 37 heavy (non-hydrogen) atoms. The first-order valence-electron chi connectivity index (χ1n) is 11.6. The molecule has 186 valence electrons. The third-order valence-electron chi connectivity index (χ3n) is 5.45. The van der Waals surface area contributed by atoms with Crippen LogP contribution in [-0.2, 0) is 4.79 Å². The van der Waals surface area contributed by atoms with E-state index in [-0.39, 0.29) is 5.91 Å². The molecule has 0 aliphatic rings. The Hall–Kier alpha value is -4.91. The summed E-state index contributed by atoms with van der Waals surface area (Å²) in [6.07, 6.45) is 0.758. The van der Waals surface area contributed by atoms with E-state index in [9.17, 15) is 9.59 Å². The summed E-state index contributed by atoms with van der Waals surface area (Å²) < 4.78 is 16.2. The van der Waals surface area contributed by atoms with Crippen LogP contribution in [0.4, 0.5) is 0 Å². The van der Waals surface area contributed by atoms with Crippen LogP contribution in [0.2, 0.25) is 0 Å². The first-order valence-corrected chi connectivity index (χ1v) is 11.6. The molecule has 0 bridgehead atoms. The first kappa shape index (κ1) is 25.2. The van der Waals surface area contributed by atoms with Crippen LogP contribution >= 0.6 is 0 Å². The molecule has 0 spiro atoms. The van der Waals surface area contributed by atoms with Crippen LogP contribution in [0.5, 0.6) is 17.2 Å². The molecule has 1 amide bonds. The molecule has 0 radical (unpaired) electrons. The highest BCUT2D eigenvalue weighted by Crippen LogP contribution is 2.22. The van der Waals surface area contributed by atoms with Crippen molar-refractivity contribution in [2.24, 2.45) is 5.10 Å². The van der Waals surface area contributed by atoms with Gasteiger partial charge in [0.25, 0.3) is 5.91 Å². The lowest BCUT2D eigenvalue weighted by Gasteiger charge is -2.13. The number of nitrogens with one attached hydrogen (secondary N) is 1. The maximum Gasteiger partial charge on any atom is 0.343 e. The fraction of sp³-hybridized carbons (Fsp3) is 0.100. The van der Waals surface area contributed by atoms with Crippen molar-refractivity contribution in [1.82, 2.24) is 5.43 Å². The molecular weight excluding hydrogens is 468 g/mol. The number of carbonyl (C=O) groups is 2. The normalized spacial score (nSPS) is 11.5. The van der Waals surface area contributed by atoms with E-state index in [0.29, 0.717) is 22.8 Å². The number of hydrazone groups is 1. The number of rotatable bonds is 9. The van der Waals surface area contributed by atoms with Gasteiger partial charge in [-0.05, 0) is 84.3 Å². The Bertz CT molecular complexity index is 1350. The van der Waals surface area contributed by atoms with E-state index in [0.717, 1.165) is 16.7 Å². The molecular formula is C30H26N2O5. The zero-order valence-electron chi connectivity index (χ0n) is 20.5. The molecule has 7 nitrogen and oxygen atoms in total. The molecule has 0 fully saturated rings.